The molecule has 2 fully saturated rings. The van der Waals surface area contributed by atoms with E-state index in [1.807, 2.05) is 13.8 Å². The Morgan fingerprint density at radius 2 is 1.97 bits per heavy atom. The molecular formula is C23H36N6O5S. The van der Waals surface area contributed by atoms with Gasteiger partial charge in [-0.1, -0.05) is 0 Å². The number of pyridine rings is 1. The lowest BCUT2D eigenvalue weighted by molar-refractivity contribution is 0.0266. The first kappa shape index (κ1) is 26.0. The van der Waals surface area contributed by atoms with Crippen LogP contribution in [-0.2, 0) is 14.9 Å². The van der Waals surface area contributed by atoms with Crippen molar-refractivity contribution in [3.63, 3.8) is 0 Å². The SMILES string of the molecule is COC(C)(C)CNS(=O)(=O)N1CCC(Nc2ncc3ccc(=O)n(C4CCCC4(C)O)c3n2)CC1. The van der Waals surface area contributed by atoms with Crippen molar-refractivity contribution in [2.45, 2.75) is 76.2 Å². The molecule has 3 N–H and O–H groups in total. The van der Waals surface area contributed by atoms with E-state index in [1.165, 1.54) is 10.4 Å². The molecule has 0 radical (unpaired) electrons. The first-order valence-electron chi connectivity index (χ1n) is 12.1. The van der Waals surface area contributed by atoms with E-state index in [0.29, 0.717) is 50.4 Å². The van der Waals surface area contributed by atoms with E-state index in [4.69, 9.17) is 4.74 Å². The van der Waals surface area contributed by atoms with E-state index in [-0.39, 0.29) is 24.2 Å². The second-order valence-electron chi connectivity index (χ2n) is 10.4. The molecule has 11 nitrogen and oxygen atoms in total. The van der Waals surface area contributed by atoms with Crippen LogP contribution in [0.15, 0.2) is 23.1 Å². The van der Waals surface area contributed by atoms with E-state index in [1.54, 1.807) is 30.9 Å². The van der Waals surface area contributed by atoms with Gasteiger partial charge >= 0.3 is 0 Å². The summed E-state index contributed by atoms with van der Waals surface area (Å²) in [5.41, 5.74) is -1.27. The Morgan fingerprint density at radius 1 is 1.26 bits per heavy atom. The predicted molar refractivity (Wildman–Crippen MR) is 134 cm³/mol. The van der Waals surface area contributed by atoms with Gasteiger partial charge in [0.2, 0.25) is 5.95 Å². The zero-order chi connectivity index (χ0) is 25.4. The molecule has 2 aliphatic rings. The fourth-order valence-electron chi connectivity index (χ4n) is 4.80. The number of nitrogens with one attached hydrogen (secondary N) is 2. The minimum absolute atomic E-state index is 0.00668. The lowest BCUT2D eigenvalue weighted by Gasteiger charge is -2.33. The Balaban J connectivity index is 1.46. The number of methoxy groups -OCH3 is 1. The average Bonchev–Trinajstić information content (AvgIpc) is 3.16. The lowest BCUT2D eigenvalue weighted by Crippen LogP contribution is -2.50. The summed E-state index contributed by atoms with van der Waals surface area (Å²) in [7, 11) is -2.05. The van der Waals surface area contributed by atoms with Gasteiger partial charge in [-0.15, -0.1) is 0 Å². The van der Waals surface area contributed by atoms with Gasteiger partial charge in [-0.05, 0) is 58.9 Å². The van der Waals surface area contributed by atoms with E-state index >= 15 is 0 Å². The second kappa shape index (κ2) is 9.74. The van der Waals surface area contributed by atoms with E-state index in [0.717, 1.165) is 11.8 Å². The van der Waals surface area contributed by atoms with Crippen molar-refractivity contribution in [3.8, 4) is 0 Å². The Labute approximate surface area is 206 Å². The number of aliphatic hydroxyl groups is 1. The molecule has 0 amide bonds. The van der Waals surface area contributed by atoms with Crippen LogP contribution in [0.25, 0.3) is 11.0 Å². The van der Waals surface area contributed by atoms with Crippen molar-refractivity contribution < 1.29 is 18.3 Å². The minimum Gasteiger partial charge on any atom is -0.388 e. The van der Waals surface area contributed by atoms with Crippen LogP contribution in [-0.4, -0.2) is 76.4 Å². The fraction of sp³-hybridized carbons (Fsp3) is 0.696. The molecule has 12 heteroatoms. The number of nitrogens with zero attached hydrogens (tertiary/aromatic N) is 4. The summed E-state index contributed by atoms with van der Waals surface area (Å²) >= 11 is 0. The number of rotatable bonds is 8. The highest BCUT2D eigenvalue weighted by atomic mass is 32.2. The number of piperidine rings is 1. The standard InChI is InChI=1S/C23H36N6O5S/c1-22(2,34-4)15-25-35(32,33)28-12-9-17(10-13-28)26-21-24-14-16-7-8-19(30)29(20(16)27-21)18-6-5-11-23(18,3)31/h7-8,14,17-18,25,31H,5-6,9-13,15H2,1-4H3,(H,24,26,27). The Morgan fingerprint density at radius 3 is 2.60 bits per heavy atom. The number of ether oxygens (including phenoxy) is 1. The largest absolute Gasteiger partial charge is 0.388 e. The minimum atomic E-state index is -3.60. The summed E-state index contributed by atoms with van der Waals surface area (Å²) in [6.45, 7) is 6.33. The third kappa shape index (κ3) is 5.67. The second-order valence-corrected chi connectivity index (χ2v) is 12.1. The van der Waals surface area contributed by atoms with Gasteiger partial charge in [0.1, 0.15) is 5.65 Å². The van der Waals surface area contributed by atoms with Gasteiger partial charge in [-0.25, -0.2) is 4.98 Å². The molecule has 3 heterocycles. The molecule has 35 heavy (non-hydrogen) atoms. The lowest BCUT2D eigenvalue weighted by atomic mass is 10.00. The zero-order valence-electron chi connectivity index (χ0n) is 20.8. The highest BCUT2D eigenvalue weighted by molar-refractivity contribution is 7.87. The fourth-order valence-corrected chi connectivity index (χ4v) is 6.20. The quantitative estimate of drug-likeness (QED) is 0.486. The molecule has 0 aromatic carbocycles. The molecule has 194 valence electrons. The molecule has 2 aromatic rings. The first-order chi connectivity index (χ1) is 16.4. The van der Waals surface area contributed by atoms with Crippen LogP contribution in [0.3, 0.4) is 0 Å². The third-order valence-corrected chi connectivity index (χ3v) is 8.77. The number of hydrogen-bond donors (Lipinski definition) is 3. The number of hydrogen-bond acceptors (Lipinski definition) is 8. The average molecular weight is 509 g/mol. The van der Waals surface area contributed by atoms with Crippen LogP contribution >= 0.6 is 0 Å². The molecule has 1 aliphatic heterocycles. The van der Waals surface area contributed by atoms with Crippen LogP contribution < -0.4 is 15.6 Å². The molecule has 2 atom stereocenters. The zero-order valence-corrected chi connectivity index (χ0v) is 21.6. The van der Waals surface area contributed by atoms with Crippen LogP contribution in [0.2, 0.25) is 0 Å². The summed E-state index contributed by atoms with van der Waals surface area (Å²) in [5.74, 6) is 0.385. The molecule has 2 unspecified atom stereocenters. The molecule has 0 bridgehead atoms. The Hall–Kier alpha value is -2.12. The Kier molecular flexibility index (Phi) is 7.22. The maximum absolute atomic E-state index is 12.8. The number of aromatic nitrogens is 3. The van der Waals surface area contributed by atoms with Crippen LogP contribution in [0, 0.1) is 0 Å². The molecule has 1 saturated carbocycles. The molecule has 4 rings (SSSR count). The maximum Gasteiger partial charge on any atom is 0.279 e. The Bertz CT molecular complexity index is 1220. The van der Waals surface area contributed by atoms with E-state index in [2.05, 4.69) is 20.0 Å². The smallest absolute Gasteiger partial charge is 0.279 e. The monoisotopic (exact) mass is 508 g/mol. The van der Waals surface area contributed by atoms with Gasteiger partial charge in [-0.2, -0.15) is 22.4 Å². The topological polar surface area (TPSA) is 139 Å². The van der Waals surface area contributed by atoms with Crippen LogP contribution in [0.1, 0.15) is 58.9 Å². The van der Waals surface area contributed by atoms with Crippen molar-refractivity contribution >= 4 is 27.2 Å². The van der Waals surface area contributed by atoms with Crippen LogP contribution in [0.4, 0.5) is 5.95 Å². The van der Waals surface area contributed by atoms with Crippen molar-refractivity contribution in [1.29, 1.82) is 0 Å². The van der Waals surface area contributed by atoms with Gasteiger partial charge in [0, 0.05) is 50.4 Å². The van der Waals surface area contributed by atoms with Gasteiger partial charge in [0.15, 0.2) is 0 Å². The van der Waals surface area contributed by atoms with E-state index < -0.39 is 21.4 Å². The van der Waals surface area contributed by atoms with Crippen molar-refractivity contribution in [2.75, 3.05) is 32.1 Å². The van der Waals surface area contributed by atoms with Gasteiger partial charge in [0.05, 0.1) is 17.2 Å². The summed E-state index contributed by atoms with van der Waals surface area (Å²) in [6.07, 6.45) is 5.04. The highest BCUT2D eigenvalue weighted by Gasteiger charge is 2.39. The van der Waals surface area contributed by atoms with Crippen molar-refractivity contribution in [2.24, 2.45) is 0 Å². The molecule has 0 spiro atoms. The van der Waals surface area contributed by atoms with Crippen LogP contribution in [0.5, 0.6) is 0 Å². The van der Waals surface area contributed by atoms with Crippen molar-refractivity contribution in [3.05, 3.63) is 28.7 Å². The first-order valence-corrected chi connectivity index (χ1v) is 13.5. The summed E-state index contributed by atoms with van der Waals surface area (Å²) in [6, 6.07) is 2.84. The van der Waals surface area contributed by atoms with E-state index in [9.17, 15) is 18.3 Å². The number of fused-ring (bicyclic) bond motifs is 1. The summed E-state index contributed by atoms with van der Waals surface area (Å²) in [5, 5.41) is 14.9. The van der Waals surface area contributed by atoms with Gasteiger partial charge in [0.25, 0.3) is 15.8 Å². The predicted octanol–water partition coefficient (Wildman–Crippen LogP) is 1.40. The number of anilines is 1. The summed E-state index contributed by atoms with van der Waals surface area (Å²) < 4.78 is 36.3. The molecule has 2 aromatic heterocycles. The molecular weight excluding hydrogens is 472 g/mol. The van der Waals surface area contributed by atoms with Gasteiger partial charge in [-0.3, -0.25) is 9.36 Å². The molecule has 1 aliphatic carbocycles. The summed E-state index contributed by atoms with van der Waals surface area (Å²) in [4.78, 5) is 21.8. The normalized spacial score (nSPS) is 24.8. The maximum atomic E-state index is 12.8. The van der Waals surface area contributed by atoms with Gasteiger partial charge < -0.3 is 15.2 Å². The molecule has 1 saturated heterocycles. The van der Waals surface area contributed by atoms with Crippen molar-refractivity contribution in [1.82, 2.24) is 23.6 Å². The third-order valence-electron chi connectivity index (χ3n) is 7.22. The highest BCUT2D eigenvalue weighted by Crippen LogP contribution is 2.39.